The highest BCUT2D eigenvalue weighted by molar-refractivity contribution is 5.25. The second-order valence-corrected chi connectivity index (χ2v) is 5.15. The van der Waals surface area contributed by atoms with E-state index in [1.165, 1.54) is 55.7 Å². The average Bonchev–Trinajstić information content (AvgIpc) is 2.74. The molecule has 2 heterocycles. The molecule has 0 saturated carbocycles. The Morgan fingerprint density at radius 2 is 2.19 bits per heavy atom. The molecule has 1 unspecified atom stereocenters. The molecule has 3 nitrogen and oxygen atoms in total. The highest BCUT2D eigenvalue weighted by Crippen LogP contribution is 2.27. The minimum absolute atomic E-state index is 0.757. The first-order valence-electron chi connectivity index (χ1n) is 6.60. The van der Waals surface area contributed by atoms with Gasteiger partial charge < -0.3 is 9.84 Å². The van der Waals surface area contributed by atoms with E-state index in [2.05, 4.69) is 10.5 Å². The molecule has 0 aromatic carbocycles. The van der Waals surface area contributed by atoms with Crippen LogP contribution in [0.3, 0.4) is 0 Å². The molecule has 0 amide bonds. The largest absolute Gasteiger partial charge is 0.361 e. The number of fused-ring (bicyclic) bond motifs is 1. The third-order valence-corrected chi connectivity index (χ3v) is 3.91. The van der Waals surface area contributed by atoms with Gasteiger partial charge >= 0.3 is 0 Å². The Kier molecular flexibility index (Phi) is 2.96. The number of nitrogens with one attached hydrogen (secondary N) is 1. The standard InChI is InChI=1S/C13H20N2O/c1-2-6-12-11(5-1)13(16-15-12)8-10-4-3-7-14-9-10/h10,14H,1-9H2. The summed E-state index contributed by atoms with van der Waals surface area (Å²) in [5.41, 5.74) is 2.68. The molecule has 3 rings (SSSR count). The van der Waals surface area contributed by atoms with Crippen molar-refractivity contribution in [2.45, 2.75) is 44.9 Å². The van der Waals surface area contributed by atoms with Gasteiger partial charge in [-0.1, -0.05) is 5.16 Å². The molecule has 1 fully saturated rings. The summed E-state index contributed by atoms with van der Waals surface area (Å²) in [5, 5.41) is 7.69. The summed E-state index contributed by atoms with van der Waals surface area (Å²) < 4.78 is 5.54. The lowest BCUT2D eigenvalue weighted by molar-refractivity contribution is 0.318. The lowest BCUT2D eigenvalue weighted by Gasteiger charge is -2.22. The Labute approximate surface area is 96.6 Å². The predicted octanol–water partition coefficient (Wildman–Crippen LogP) is 2.10. The first-order chi connectivity index (χ1) is 7.93. The third kappa shape index (κ3) is 2.01. The van der Waals surface area contributed by atoms with E-state index in [1.807, 2.05) is 0 Å². The second-order valence-electron chi connectivity index (χ2n) is 5.15. The third-order valence-electron chi connectivity index (χ3n) is 3.91. The van der Waals surface area contributed by atoms with Gasteiger partial charge in [0, 0.05) is 12.0 Å². The molecule has 1 aromatic heterocycles. The summed E-state index contributed by atoms with van der Waals surface area (Å²) in [6.07, 6.45) is 8.64. The molecule has 1 aliphatic heterocycles. The highest BCUT2D eigenvalue weighted by atomic mass is 16.5. The van der Waals surface area contributed by atoms with Gasteiger partial charge in [-0.05, 0) is 57.5 Å². The fraction of sp³-hybridized carbons (Fsp3) is 0.769. The van der Waals surface area contributed by atoms with Crippen molar-refractivity contribution in [3.05, 3.63) is 17.0 Å². The quantitative estimate of drug-likeness (QED) is 0.829. The summed E-state index contributed by atoms with van der Waals surface area (Å²) in [5.74, 6) is 1.94. The van der Waals surface area contributed by atoms with Crippen molar-refractivity contribution in [2.75, 3.05) is 13.1 Å². The van der Waals surface area contributed by atoms with Crippen LogP contribution < -0.4 is 5.32 Å². The summed E-state index contributed by atoms with van der Waals surface area (Å²) in [6.45, 7) is 2.33. The van der Waals surface area contributed by atoms with E-state index < -0.39 is 0 Å². The van der Waals surface area contributed by atoms with Crippen molar-refractivity contribution in [1.29, 1.82) is 0 Å². The summed E-state index contributed by atoms with van der Waals surface area (Å²) >= 11 is 0. The van der Waals surface area contributed by atoms with Gasteiger partial charge in [-0.15, -0.1) is 0 Å². The van der Waals surface area contributed by atoms with Crippen LogP contribution >= 0.6 is 0 Å². The number of hydrogen-bond acceptors (Lipinski definition) is 3. The van der Waals surface area contributed by atoms with Crippen LogP contribution in [0, 0.1) is 5.92 Å². The molecule has 2 aliphatic rings. The summed E-state index contributed by atoms with van der Waals surface area (Å²) in [7, 11) is 0. The van der Waals surface area contributed by atoms with E-state index in [0.29, 0.717) is 0 Å². The zero-order valence-corrected chi connectivity index (χ0v) is 9.80. The molecule has 1 aromatic rings. The molecule has 1 aliphatic carbocycles. The molecule has 0 bridgehead atoms. The molecule has 3 heteroatoms. The van der Waals surface area contributed by atoms with Crippen molar-refractivity contribution in [3.8, 4) is 0 Å². The average molecular weight is 220 g/mol. The van der Waals surface area contributed by atoms with Crippen molar-refractivity contribution >= 4 is 0 Å². The summed E-state index contributed by atoms with van der Waals surface area (Å²) in [6, 6.07) is 0. The Morgan fingerprint density at radius 3 is 3.06 bits per heavy atom. The molecule has 0 spiro atoms. The fourth-order valence-electron chi connectivity index (χ4n) is 2.98. The van der Waals surface area contributed by atoms with Crippen molar-refractivity contribution in [1.82, 2.24) is 10.5 Å². The van der Waals surface area contributed by atoms with Crippen LogP contribution in [0.4, 0.5) is 0 Å². The van der Waals surface area contributed by atoms with Gasteiger partial charge in [0.2, 0.25) is 0 Å². The smallest absolute Gasteiger partial charge is 0.140 e. The molecule has 0 radical (unpaired) electrons. The number of rotatable bonds is 2. The number of hydrogen-bond donors (Lipinski definition) is 1. The van der Waals surface area contributed by atoms with Crippen LogP contribution in [0.2, 0.25) is 0 Å². The first kappa shape index (κ1) is 10.3. The minimum Gasteiger partial charge on any atom is -0.361 e. The molecular weight excluding hydrogens is 200 g/mol. The van der Waals surface area contributed by atoms with E-state index in [9.17, 15) is 0 Å². The van der Waals surface area contributed by atoms with Gasteiger partial charge in [-0.25, -0.2) is 0 Å². The van der Waals surface area contributed by atoms with Gasteiger partial charge in [0.25, 0.3) is 0 Å². The van der Waals surface area contributed by atoms with E-state index in [1.54, 1.807) is 0 Å². The Balaban J connectivity index is 1.71. The summed E-state index contributed by atoms with van der Waals surface area (Å²) in [4.78, 5) is 0. The normalized spacial score (nSPS) is 25.4. The lowest BCUT2D eigenvalue weighted by atomic mass is 9.90. The number of piperidine rings is 1. The van der Waals surface area contributed by atoms with E-state index in [0.717, 1.165) is 25.3 Å². The number of aryl methyl sites for hydroxylation is 1. The zero-order chi connectivity index (χ0) is 10.8. The molecule has 1 atom stereocenters. The molecule has 88 valence electrons. The second kappa shape index (κ2) is 4.58. The van der Waals surface area contributed by atoms with E-state index in [4.69, 9.17) is 4.52 Å². The monoisotopic (exact) mass is 220 g/mol. The molecular formula is C13H20N2O. The Hall–Kier alpha value is -0.830. The highest BCUT2D eigenvalue weighted by Gasteiger charge is 2.22. The SMILES string of the molecule is C1CCc2c(noc2CC2CCCNC2)C1. The Morgan fingerprint density at radius 1 is 1.25 bits per heavy atom. The van der Waals surface area contributed by atoms with E-state index >= 15 is 0 Å². The minimum atomic E-state index is 0.757. The van der Waals surface area contributed by atoms with Crippen LogP contribution in [0.15, 0.2) is 4.52 Å². The maximum atomic E-state index is 5.54. The van der Waals surface area contributed by atoms with E-state index in [-0.39, 0.29) is 0 Å². The van der Waals surface area contributed by atoms with Crippen LogP contribution in [-0.4, -0.2) is 18.2 Å². The first-order valence-corrected chi connectivity index (χ1v) is 6.60. The van der Waals surface area contributed by atoms with Crippen molar-refractivity contribution < 1.29 is 4.52 Å². The van der Waals surface area contributed by atoms with Crippen molar-refractivity contribution in [2.24, 2.45) is 5.92 Å². The van der Waals surface area contributed by atoms with Crippen LogP contribution in [-0.2, 0) is 19.3 Å². The fourth-order valence-corrected chi connectivity index (χ4v) is 2.98. The topological polar surface area (TPSA) is 38.1 Å². The zero-order valence-electron chi connectivity index (χ0n) is 9.80. The van der Waals surface area contributed by atoms with Gasteiger partial charge in [0.1, 0.15) is 5.76 Å². The van der Waals surface area contributed by atoms with Gasteiger partial charge in [0.05, 0.1) is 5.69 Å². The van der Waals surface area contributed by atoms with Crippen LogP contribution in [0.1, 0.15) is 42.7 Å². The van der Waals surface area contributed by atoms with Crippen LogP contribution in [0.25, 0.3) is 0 Å². The number of nitrogens with zero attached hydrogens (tertiary/aromatic N) is 1. The van der Waals surface area contributed by atoms with Gasteiger partial charge in [-0.2, -0.15) is 0 Å². The van der Waals surface area contributed by atoms with Gasteiger partial charge in [0.15, 0.2) is 0 Å². The van der Waals surface area contributed by atoms with Crippen LogP contribution in [0.5, 0.6) is 0 Å². The predicted molar refractivity (Wildman–Crippen MR) is 62.4 cm³/mol. The molecule has 16 heavy (non-hydrogen) atoms. The Bertz CT molecular complexity index is 353. The molecule has 1 saturated heterocycles. The van der Waals surface area contributed by atoms with Gasteiger partial charge in [-0.3, -0.25) is 0 Å². The molecule has 1 N–H and O–H groups in total. The maximum Gasteiger partial charge on any atom is 0.140 e. The lowest BCUT2D eigenvalue weighted by Crippen LogP contribution is -2.31. The number of aromatic nitrogens is 1. The maximum absolute atomic E-state index is 5.54. The van der Waals surface area contributed by atoms with Crippen molar-refractivity contribution in [3.63, 3.8) is 0 Å².